The predicted molar refractivity (Wildman–Crippen MR) is 43.4 cm³/mol. The van der Waals surface area contributed by atoms with E-state index in [1.807, 2.05) is 0 Å². The van der Waals surface area contributed by atoms with Crippen LogP contribution in [0.5, 0.6) is 0 Å². The predicted octanol–water partition coefficient (Wildman–Crippen LogP) is 1.56. The van der Waals surface area contributed by atoms with Gasteiger partial charge in [0.1, 0.15) is 0 Å². The molecule has 0 unspecified atom stereocenters. The number of rotatable bonds is 1. The maximum Gasteiger partial charge on any atom is 0.152 e. The van der Waals surface area contributed by atoms with E-state index in [4.69, 9.17) is 4.74 Å². The van der Waals surface area contributed by atoms with E-state index >= 15 is 0 Å². The molecule has 2 heteroatoms. The summed E-state index contributed by atoms with van der Waals surface area (Å²) in [5.41, 5.74) is 1.18. The molecule has 0 aromatic heterocycles. The van der Waals surface area contributed by atoms with Crippen molar-refractivity contribution in [3.8, 4) is 0 Å². The first-order valence-corrected chi connectivity index (χ1v) is 3.82. The SMILES string of the molecule is CC(=O)/C=C1/COCC1(C)C. The molecule has 0 spiro atoms. The van der Waals surface area contributed by atoms with Crippen molar-refractivity contribution in [1.29, 1.82) is 0 Å². The van der Waals surface area contributed by atoms with E-state index in [0.29, 0.717) is 6.61 Å². The van der Waals surface area contributed by atoms with Gasteiger partial charge in [-0.15, -0.1) is 0 Å². The summed E-state index contributed by atoms with van der Waals surface area (Å²) in [6.45, 7) is 7.10. The highest BCUT2D eigenvalue weighted by Gasteiger charge is 2.29. The lowest BCUT2D eigenvalue weighted by Gasteiger charge is -2.15. The van der Waals surface area contributed by atoms with E-state index in [1.165, 1.54) is 0 Å². The molecule has 1 aliphatic rings. The second-order valence-corrected chi connectivity index (χ2v) is 3.66. The van der Waals surface area contributed by atoms with Crippen molar-refractivity contribution in [2.75, 3.05) is 13.2 Å². The summed E-state index contributed by atoms with van der Waals surface area (Å²) in [7, 11) is 0. The van der Waals surface area contributed by atoms with Crippen LogP contribution in [-0.2, 0) is 9.53 Å². The number of ketones is 1. The first kappa shape index (κ1) is 8.47. The fraction of sp³-hybridized carbons (Fsp3) is 0.667. The van der Waals surface area contributed by atoms with Gasteiger partial charge in [0, 0.05) is 5.41 Å². The molecular formula is C9H14O2. The topological polar surface area (TPSA) is 26.3 Å². The average Bonchev–Trinajstić information content (AvgIpc) is 2.10. The Morgan fingerprint density at radius 2 is 2.27 bits per heavy atom. The summed E-state index contributed by atoms with van der Waals surface area (Å²) in [6, 6.07) is 0. The summed E-state index contributed by atoms with van der Waals surface area (Å²) in [4.78, 5) is 10.8. The molecule has 0 N–H and O–H groups in total. The molecule has 1 aliphatic heterocycles. The standard InChI is InChI=1S/C9H14O2/c1-7(10)4-8-5-11-6-9(8,2)3/h4H,5-6H2,1-3H3/b8-4-. The number of carbonyl (C=O) groups is 1. The maximum atomic E-state index is 10.8. The highest BCUT2D eigenvalue weighted by molar-refractivity contribution is 5.88. The molecule has 1 saturated heterocycles. The van der Waals surface area contributed by atoms with Gasteiger partial charge in [0.15, 0.2) is 5.78 Å². The third kappa shape index (κ3) is 1.90. The zero-order valence-corrected chi connectivity index (χ0v) is 7.31. The Hall–Kier alpha value is -0.630. The third-order valence-corrected chi connectivity index (χ3v) is 1.97. The van der Waals surface area contributed by atoms with Gasteiger partial charge in [-0.1, -0.05) is 13.8 Å². The number of hydrogen-bond acceptors (Lipinski definition) is 2. The van der Waals surface area contributed by atoms with E-state index in [0.717, 1.165) is 12.2 Å². The van der Waals surface area contributed by atoms with Crippen LogP contribution >= 0.6 is 0 Å². The number of hydrogen-bond donors (Lipinski definition) is 0. The number of ether oxygens (including phenoxy) is 1. The van der Waals surface area contributed by atoms with E-state index in [-0.39, 0.29) is 11.2 Å². The Kier molecular flexibility index (Phi) is 2.14. The van der Waals surface area contributed by atoms with Gasteiger partial charge in [-0.25, -0.2) is 0 Å². The quantitative estimate of drug-likeness (QED) is 0.536. The summed E-state index contributed by atoms with van der Waals surface area (Å²) >= 11 is 0. The van der Waals surface area contributed by atoms with Gasteiger partial charge in [0.25, 0.3) is 0 Å². The lowest BCUT2D eigenvalue weighted by Crippen LogP contribution is -2.13. The van der Waals surface area contributed by atoms with E-state index in [2.05, 4.69) is 13.8 Å². The Balaban J connectivity index is 2.80. The first-order valence-electron chi connectivity index (χ1n) is 3.82. The first-order chi connectivity index (χ1) is 5.02. The summed E-state index contributed by atoms with van der Waals surface area (Å²) < 4.78 is 5.25. The molecule has 1 heterocycles. The Morgan fingerprint density at radius 3 is 2.64 bits per heavy atom. The lowest BCUT2D eigenvalue weighted by molar-refractivity contribution is -0.112. The minimum Gasteiger partial charge on any atom is -0.376 e. The molecule has 0 saturated carbocycles. The minimum absolute atomic E-state index is 0.0612. The van der Waals surface area contributed by atoms with Crippen LogP contribution in [0, 0.1) is 5.41 Å². The van der Waals surface area contributed by atoms with Crippen LogP contribution in [-0.4, -0.2) is 19.0 Å². The Morgan fingerprint density at radius 1 is 1.64 bits per heavy atom. The van der Waals surface area contributed by atoms with Crippen molar-refractivity contribution >= 4 is 5.78 Å². The van der Waals surface area contributed by atoms with Crippen molar-refractivity contribution < 1.29 is 9.53 Å². The molecule has 11 heavy (non-hydrogen) atoms. The molecule has 62 valence electrons. The molecule has 2 nitrogen and oxygen atoms in total. The second kappa shape index (κ2) is 2.78. The van der Waals surface area contributed by atoms with Crippen LogP contribution in [0.25, 0.3) is 0 Å². The van der Waals surface area contributed by atoms with Crippen molar-refractivity contribution in [2.24, 2.45) is 5.41 Å². The molecule has 0 radical (unpaired) electrons. The van der Waals surface area contributed by atoms with Crippen LogP contribution in [0.1, 0.15) is 20.8 Å². The lowest BCUT2D eigenvalue weighted by atomic mass is 9.87. The molecule has 1 fully saturated rings. The van der Waals surface area contributed by atoms with Crippen LogP contribution in [0.2, 0.25) is 0 Å². The summed E-state index contributed by atoms with van der Waals surface area (Å²) in [5, 5.41) is 0. The summed E-state index contributed by atoms with van der Waals surface area (Å²) in [5.74, 6) is 0.110. The molecule has 0 aliphatic carbocycles. The van der Waals surface area contributed by atoms with Crippen LogP contribution in [0.3, 0.4) is 0 Å². The van der Waals surface area contributed by atoms with Crippen molar-refractivity contribution in [2.45, 2.75) is 20.8 Å². The zero-order valence-electron chi connectivity index (χ0n) is 7.31. The molecule has 0 aromatic carbocycles. The summed E-state index contributed by atoms with van der Waals surface area (Å²) in [6.07, 6.45) is 1.69. The van der Waals surface area contributed by atoms with Crippen molar-refractivity contribution in [3.63, 3.8) is 0 Å². The fourth-order valence-corrected chi connectivity index (χ4v) is 1.19. The van der Waals surface area contributed by atoms with Crippen LogP contribution < -0.4 is 0 Å². The average molecular weight is 154 g/mol. The Bertz CT molecular complexity index is 202. The second-order valence-electron chi connectivity index (χ2n) is 3.66. The third-order valence-electron chi connectivity index (χ3n) is 1.97. The normalized spacial score (nSPS) is 25.9. The van der Waals surface area contributed by atoms with Gasteiger partial charge in [-0.3, -0.25) is 4.79 Å². The smallest absolute Gasteiger partial charge is 0.152 e. The van der Waals surface area contributed by atoms with Gasteiger partial charge < -0.3 is 4.74 Å². The van der Waals surface area contributed by atoms with Gasteiger partial charge in [-0.2, -0.15) is 0 Å². The van der Waals surface area contributed by atoms with Gasteiger partial charge in [-0.05, 0) is 18.6 Å². The minimum atomic E-state index is 0.0612. The van der Waals surface area contributed by atoms with Crippen LogP contribution in [0.4, 0.5) is 0 Å². The molecule has 1 rings (SSSR count). The number of allylic oxidation sites excluding steroid dienone is 1. The zero-order chi connectivity index (χ0) is 8.48. The van der Waals surface area contributed by atoms with Gasteiger partial charge in [0.2, 0.25) is 0 Å². The van der Waals surface area contributed by atoms with E-state index < -0.39 is 0 Å². The monoisotopic (exact) mass is 154 g/mol. The number of carbonyl (C=O) groups excluding carboxylic acids is 1. The molecule has 0 aromatic rings. The van der Waals surface area contributed by atoms with Gasteiger partial charge >= 0.3 is 0 Å². The molecule has 0 bridgehead atoms. The van der Waals surface area contributed by atoms with Crippen molar-refractivity contribution in [1.82, 2.24) is 0 Å². The molecular weight excluding hydrogens is 140 g/mol. The highest BCUT2D eigenvalue weighted by atomic mass is 16.5. The largest absolute Gasteiger partial charge is 0.376 e. The van der Waals surface area contributed by atoms with Gasteiger partial charge in [0.05, 0.1) is 13.2 Å². The fourth-order valence-electron chi connectivity index (χ4n) is 1.19. The van der Waals surface area contributed by atoms with Crippen LogP contribution in [0.15, 0.2) is 11.6 Å². The Labute approximate surface area is 67.2 Å². The molecule has 0 atom stereocenters. The maximum absolute atomic E-state index is 10.8. The van der Waals surface area contributed by atoms with E-state index in [9.17, 15) is 4.79 Å². The molecule has 0 amide bonds. The van der Waals surface area contributed by atoms with E-state index in [1.54, 1.807) is 13.0 Å². The highest BCUT2D eigenvalue weighted by Crippen LogP contribution is 2.32. The van der Waals surface area contributed by atoms with Crippen molar-refractivity contribution in [3.05, 3.63) is 11.6 Å².